The van der Waals surface area contributed by atoms with Crippen molar-refractivity contribution >= 4 is 11.9 Å². The van der Waals surface area contributed by atoms with Crippen molar-refractivity contribution in [3.63, 3.8) is 0 Å². The van der Waals surface area contributed by atoms with Gasteiger partial charge in [0.15, 0.2) is 0 Å². The van der Waals surface area contributed by atoms with Crippen molar-refractivity contribution in [2.24, 2.45) is 0 Å². The molecule has 0 atom stereocenters. The molecule has 0 aliphatic rings. The zero-order valence-corrected chi connectivity index (χ0v) is 5.85. The van der Waals surface area contributed by atoms with Gasteiger partial charge in [-0.3, -0.25) is 9.59 Å². The van der Waals surface area contributed by atoms with Gasteiger partial charge in [-0.25, -0.2) is 0 Å². The molecule has 0 aromatic heterocycles. The van der Waals surface area contributed by atoms with Crippen LogP contribution in [0.15, 0.2) is 0 Å². The molecule has 1 N–H and O–H groups in total. The van der Waals surface area contributed by atoms with Gasteiger partial charge in [-0.1, -0.05) is 0 Å². The van der Waals surface area contributed by atoms with E-state index in [0.717, 1.165) is 0 Å². The molecule has 10 heavy (non-hydrogen) atoms. The van der Waals surface area contributed by atoms with E-state index in [4.69, 9.17) is 0 Å². The maximum atomic E-state index is 10.6. The summed E-state index contributed by atoms with van der Waals surface area (Å²) in [5, 5.41) is 2.36. The zero-order chi connectivity index (χ0) is 7.98. The monoisotopic (exact) mass is 144 g/mol. The first kappa shape index (κ1) is 8.94. The Morgan fingerprint density at radius 2 is 2.20 bits per heavy atom. The second-order valence-electron chi connectivity index (χ2n) is 1.60. The lowest BCUT2D eigenvalue weighted by Gasteiger charge is -1.98. The van der Waals surface area contributed by atoms with Crippen LogP contribution in [0.25, 0.3) is 0 Å². The molecule has 0 saturated heterocycles. The number of amides is 1. The summed E-state index contributed by atoms with van der Waals surface area (Å²) in [6, 6.07) is 0. The van der Waals surface area contributed by atoms with E-state index in [-0.39, 0.29) is 18.9 Å². The Morgan fingerprint density at radius 3 is 2.60 bits per heavy atom. The van der Waals surface area contributed by atoms with Gasteiger partial charge in [-0.15, -0.1) is 0 Å². The van der Waals surface area contributed by atoms with Crippen molar-refractivity contribution in [3.05, 3.63) is 6.92 Å². The topological polar surface area (TPSA) is 55.4 Å². The summed E-state index contributed by atoms with van der Waals surface area (Å²) in [7, 11) is 1.24. The Bertz CT molecular complexity index is 133. The van der Waals surface area contributed by atoms with E-state index in [1.807, 2.05) is 0 Å². The van der Waals surface area contributed by atoms with E-state index in [1.165, 1.54) is 7.11 Å². The van der Waals surface area contributed by atoms with Gasteiger partial charge in [0, 0.05) is 6.54 Å². The minimum Gasteiger partial charge on any atom is -0.469 e. The van der Waals surface area contributed by atoms with Crippen LogP contribution >= 0.6 is 0 Å². The van der Waals surface area contributed by atoms with Crippen LogP contribution in [-0.2, 0) is 14.3 Å². The van der Waals surface area contributed by atoms with E-state index in [1.54, 1.807) is 0 Å². The second-order valence-corrected chi connectivity index (χ2v) is 1.60. The Kier molecular flexibility index (Phi) is 4.28. The highest BCUT2D eigenvalue weighted by Crippen LogP contribution is 1.82. The molecule has 0 bridgehead atoms. The van der Waals surface area contributed by atoms with Crippen LogP contribution in [0.4, 0.5) is 0 Å². The minimum absolute atomic E-state index is 0.230. The second kappa shape index (κ2) is 4.78. The average molecular weight is 144 g/mol. The van der Waals surface area contributed by atoms with Gasteiger partial charge in [0.2, 0.25) is 5.91 Å². The molecule has 0 saturated carbocycles. The van der Waals surface area contributed by atoms with Crippen molar-refractivity contribution in [2.75, 3.05) is 13.7 Å². The Hall–Kier alpha value is -1.06. The number of esters is 1. The van der Waals surface area contributed by atoms with Gasteiger partial charge in [0.1, 0.15) is 6.42 Å². The van der Waals surface area contributed by atoms with Crippen LogP contribution in [0, 0.1) is 6.92 Å². The molecular weight excluding hydrogens is 134 g/mol. The fraction of sp³-hybridized carbons (Fsp3) is 0.500. The molecule has 0 aliphatic carbocycles. The Labute approximate surface area is 59.6 Å². The van der Waals surface area contributed by atoms with E-state index in [9.17, 15) is 9.59 Å². The van der Waals surface area contributed by atoms with Crippen LogP contribution < -0.4 is 5.32 Å². The van der Waals surface area contributed by atoms with Gasteiger partial charge in [-0.05, 0) is 6.92 Å². The molecule has 1 radical (unpaired) electrons. The molecule has 0 fully saturated rings. The Balaban J connectivity index is 3.47. The normalized spacial score (nSPS) is 8.60. The highest BCUT2D eigenvalue weighted by atomic mass is 16.5. The molecule has 4 nitrogen and oxygen atoms in total. The maximum absolute atomic E-state index is 10.6. The molecule has 0 aromatic rings. The van der Waals surface area contributed by atoms with Crippen molar-refractivity contribution < 1.29 is 14.3 Å². The highest BCUT2D eigenvalue weighted by molar-refractivity contribution is 5.94. The summed E-state index contributed by atoms with van der Waals surface area (Å²) in [5.41, 5.74) is 0. The summed E-state index contributed by atoms with van der Waals surface area (Å²) in [4.78, 5) is 21.0. The van der Waals surface area contributed by atoms with Crippen LogP contribution in [-0.4, -0.2) is 25.5 Å². The largest absolute Gasteiger partial charge is 0.469 e. The zero-order valence-electron chi connectivity index (χ0n) is 5.85. The summed E-state index contributed by atoms with van der Waals surface area (Å²) < 4.78 is 4.25. The number of carbonyl (C=O) groups excluding carboxylic acids is 2. The quantitative estimate of drug-likeness (QED) is 0.429. The van der Waals surface area contributed by atoms with Crippen molar-refractivity contribution in [3.8, 4) is 0 Å². The van der Waals surface area contributed by atoms with Crippen molar-refractivity contribution in [2.45, 2.75) is 6.42 Å². The molecule has 0 spiro atoms. The summed E-state index contributed by atoms with van der Waals surface area (Å²) >= 11 is 0. The standard InChI is InChI=1S/C6H10NO3/c1-3-7-5(8)4-6(9)10-2/h1,3-4H2,2H3,(H,7,8). The molecular formula is C6H10NO3. The van der Waals surface area contributed by atoms with Crippen LogP contribution in [0.2, 0.25) is 0 Å². The minimum atomic E-state index is -0.536. The third-order valence-corrected chi connectivity index (χ3v) is 0.855. The lowest BCUT2D eigenvalue weighted by atomic mass is 10.4. The molecule has 57 valence electrons. The smallest absolute Gasteiger partial charge is 0.315 e. The molecule has 0 heterocycles. The number of rotatable bonds is 3. The molecule has 0 rings (SSSR count). The van der Waals surface area contributed by atoms with Crippen molar-refractivity contribution in [1.82, 2.24) is 5.32 Å². The van der Waals surface area contributed by atoms with Gasteiger partial charge in [0.05, 0.1) is 7.11 Å². The molecule has 0 unspecified atom stereocenters. The predicted octanol–water partition coefficient (Wildman–Crippen LogP) is -0.500. The van der Waals surface area contributed by atoms with Crippen LogP contribution in [0.3, 0.4) is 0 Å². The first-order valence-electron chi connectivity index (χ1n) is 2.83. The van der Waals surface area contributed by atoms with Gasteiger partial charge in [0.25, 0.3) is 0 Å². The molecule has 0 aromatic carbocycles. The number of carbonyl (C=O) groups is 2. The fourth-order valence-electron chi connectivity index (χ4n) is 0.405. The first-order chi connectivity index (χ1) is 4.70. The lowest BCUT2D eigenvalue weighted by molar-refractivity contribution is -0.143. The molecule has 4 heteroatoms. The Morgan fingerprint density at radius 1 is 1.60 bits per heavy atom. The van der Waals surface area contributed by atoms with Gasteiger partial charge < -0.3 is 10.1 Å². The number of ether oxygens (including phenoxy) is 1. The summed E-state index contributed by atoms with van der Waals surface area (Å²) in [6.07, 6.45) is -0.230. The predicted molar refractivity (Wildman–Crippen MR) is 35.0 cm³/mol. The van der Waals surface area contributed by atoms with E-state index in [2.05, 4.69) is 17.0 Å². The first-order valence-corrected chi connectivity index (χ1v) is 2.83. The third-order valence-electron chi connectivity index (χ3n) is 0.855. The highest BCUT2D eigenvalue weighted by Gasteiger charge is 2.06. The molecule has 0 aliphatic heterocycles. The number of methoxy groups -OCH3 is 1. The SMILES string of the molecule is [CH2]CNC(=O)CC(=O)OC. The van der Waals surface area contributed by atoms with E-state index < -0.39 is 5.97 Å². The number of nitrogens with one attached hydrogen (secondary N) is 1. The van der Waals surface area contributed by atoms with Crippen LogP contribution in [0.5, 0.6) is 0 Å². The summed E-state index contributed by atoms with van der Waals surface area (Å²) in [6.45, 7) is 3.66. The number of hydrogen-bond acceptors (Lipinski definition) is 3. The van der Waals surface area contributed by atoms with E-state index >= 15 is 0 Å². The third kappa shape index (κ3) is 3.88. The van der Waals surface area contributed by atoms with Crippen molar-refractivity contribution in [1.29, 1.82) is 0 Å². The van der Waals surface area contributed by atoms with Gasteiger partial charge in [-0.2, -0.15) is 0 Å². The van der Waals surface area contributed by atoms with Crippen LogP contribution in [0.1, 0.15) is 6.42 Å². The number of hydrogen-bond donors (Lipinski definition) is 1. The maximum Gasteiger partial charge on any atom is 0.315 e. The lowest BCUT2D eigenvalue weighted by Crippen LogP contribution is -2.25. The average Bonchev–Trinajstić information content (AvgIpc) is 1.88. The summed E-state index contributed by atoms with van der Waals surface area (Å²) in [5.74, 6) is -0.896. The van der Waals surface area contributed by atoms with E-state index in [0.29, 0.717) is 0 Å². The fourth-order valence-corrected chi connectivity index (χ4v) is 0.405. The molecule has 1 amide bonds. The van der Waals surface area contributed by atoms with Gasteiger partial charge >= 0.3 is 5.97 Å².